The summed E-state index contributed by atoms with van der Waals surface area (Å²) in [4.78, 5) is 11.2. The number of benzene rings is 1. The minimum Gasteiger partial charge on any atom is -0.482 e. The number of amides is 1. The van der Waals surface area contributed by atoms with E-state index in [-0.39, 0.29) is 12.5 Å². The molecule has 0 saturated carbocycles. The minimum atomic E-state index is -0.125. The highest BCUT2D eigenvalue weighted by molar-refractivity contribution is 7.14. The predicted molar refractivity (Wildman–Crippen MR) is 68.3 cm³/mol. The highest BCUT2D eigenvalue weighted by atomic mass is 32.1. The van der Waals surface area contributed by atoms with Gasteiger partial charge in [-0.15, -0.1) is 11.3 Å². The number of hydrogen-bond acceptors (Lipinski definition) is 4. The molecule has 1 aromatic heterocycles. The minimum absolute atomic E-state index is 0.0811. The third-order valence-electron chi connectivity index (χ3n) is 2.57. The average Bonchev–Trinajstić information content (AvgIpc) is 2.75. The fraction of sp³-hybridized carbons (Fsp3) is 0.0833. The van der Waals surface area contributed by atoms with Crippen LogP contribution in [0.3, 0.4) is 0 Å². The fourth-order valence-electron chi connectivity index (χ4n) is 1.77. The number of fused-ring (bicyclic) bond motifs is 1. The van der Waals surface area contributed by atoms with Gasteiger partial charge in [0.05, 0.1) is 10.7 Å². The Balaban J connectivity index is 2.03. The zero-order valence-corrected chi connectivity index (χ0v) is 9.71. The largest absolute Gasteiger partial charge is 0.482 e. The number of anilines is 2. The van der Waals surface area contributed by atoms with Gasteiger partial charge in [-0.2, -0.15) is 0 Å². The summed E-state index contributed by atoms with van der Waals surface area (Å²) in [6.45, 7) is 0.0811. The smallest absolute Gasteiger partial charge is 0.262 e. The summed E-state index contributed by atoms with van der Waals surface area (Å²) in [7, 11) is 0. The van der Waals surface area contributed by atoms with Gasteiger partial charge in [-0.1, -0.05) is 6.07 Å². The zero-order chi connectivity index (χ0) is 11.8. The van der Waals surface area contributed by atoms with E-state index in [9.17, 15) is 4.79 Å². The van der Waals surface area contributed by atoms with Crippen molar-refractivity contribution in [2.45, 2.75) is 0 Å². The molecule has 0 spiro atoms. The molecule has 2 heterocycles. The molecular weight excluding hydrogens is 236 g/mol. The molecule has 0 atom stereocenters. The monoisotopic (exact) mass is 246 g/mol. The molecule has 3 N–H and O–H groups in total. The Bertz CT molecular complexity index is 592. The van der Waals surface area contributed by atoms with E-state index in [1.807, 2.05) is 29.6 Å². The Kier molecular flexibility index (Phi) is 2.26. The van der Waals surface area contributed by atoms with Crippen molar-refractivity contribution in [3.05, 3.63) is 29.6 Å². The van der Waals surface area contributed by atoms with Gasteiger partial charge >= 0.3 is 0 Å². The Hall–Kier alpha value is -2.01. The molecule has 0 fully saturated rings. The van der Waals surface area contributed by atoms with Gasteiger partial charge in [0.2, 0.25) is 0 Å². The van der Waals surface area contributed by atoms with Crippen molar-refractivity contribution in [1.82, 2.24) is 0 Å². The van der Waals surface area contributed by atoms with Gasteiger partial charge in [-0.05, 0) is 29.3 Å². The van der Waals surface area contributed by atoms with E-state index in [1.54, 1.807) is 0 Å². The maximum atomic E-state index is 11.2. The molecule has 1 aliphatic rings. The fourth-order valence-corrected chi connectivity index (χ4v) is 2.43. The molecular formula is C12H10N2O2S. The summed E-state index contributed by atoms with van der Waals surface area (Å²) < 4.78 is 5.30. The van der Waals surface area contributed by atoms with E-state index < -0.39 is 0 Å². The Morgan fingerprint density at radius 2 is 2.18 bits per heavy atom. The number of hydrogen-bond donors (Lipinski definition) is 2. The van der Waals surface area contributed by atoms with E-state index in [0.717, 1.165) is 16.1 Å². The summed E-state index contributed by atoms with van der Waals surface area (Å²) >= 11 is 1.50. The van der Waals surface area contributed by atoms with Crippen molar-refractivity contribution in [1.29, 1.82) is 0 Å². The number of rotatable bonds is 1. The number of nitrogen functional groups attached to an aromatic ring is 1. The summed E-state index contributed by atoms with van der Waals surface area (Å²) in [5, 5.41) is 5.55. The Morgan fingerprint density at radius 3 is 2.94 bits per heavy atom. The molecule has 4 nitrogen and oxygen atoms in total. The van der Waals surface area contributed by atoms with Crippen LogP contribution in [0.2, 0.25) is 0 Å². The lowest BCUT2D eigenvalue weighted by Crippen LogP contribution is -2.25. The number of thiophene rings is 1. The first-order valence-electron chi connectivity index (χ1n) is 5.13. The van der Waals surface area contributed by atoms with Crippen LogP contribution in [0.15, 0.2) is 29.6 Å². The number of carbonyl (C=O) groups is 1. The van der Waals surface area contributed by atoms with Gasteiger partial charge < -0.3 is 15.8 Å². The third kappa shape index (κ3) is 1.85. The van der Waals surface area contributed by atoms with E-state index in [1.165, 1.54) is 11.3 Å². The number of nitrogens with one attached hydrogen (secondary N) is 1. The highest BCUT2D eigenvalue weighted by Crippen LogP contribution is 2.34. The van der Waals surface area contributed by atoms with Crippen molar-refractivity contribution in [3.63, 3.8) is 0 Å². The van der Waals surface area contributed by atoms with E-state index >= 15 is 0 Å². The second kappa shape index (κ2) is 3.78. The van der Waals surface area contributed by atoms with Crippen molar-refractivity contribution in [2.75, 3.05) is 17.7 Å². The van der Waals surface area contributed by atoms with Gasteiger partial charge in [0.1, 0.15) is 5.75 Å². The molecule has 1 aromatic carbocycles. The SMILES string of the molecule is Nc1cc(-c2ccc3c(c2)NC(=O)CO3)cs1. The van der Waals surface area contributed by atoms with Crippen LogP contribution in [-0.4, -0.2) is 12.5 Å². The van der Waals surface area contributed by atoms with Gasteiger partial charge in [-0.3, -0.25) is 4.79 Å². The molecule has 0 saturated heterocycles. The van der Waals surface area contributed by atoms with Crippen molar-refractivity contribution in [3.8, 4) is 16.9 Å². The van der Waals surface area contributed by atoms with Crippen molar-refractivity contribution >= 4 is 27.9 Å². The molecule has 5 heteroatoms. The average molecular weight is 246 g/mol. The van der Waals surface area contributed by atoms with E-state index in [4.69, 9.17) is 10.5 Å². The van der Waals surface area contributed by atoms with Crippen LogP contribution in [0, 0.1) is 0 Å². The van der Waals surface area contributed by atoms with Crippen LogP contribution >= 0.6 is 11.3 Å². The van der Waals surface area contributed by atoms with Crippen molar-refractivity contribution < 1.29 is 9.53 Å². The molecule has 0 aliphatic carbocycles. The van der Waals surface area contributed by atoms with Crippen molar-refractivity contribution in [2.24, 2.45) is 0 Å². The van der Waals surface area contributed by atoms with Gasteiger partial charge in [-0.25, -0.2) is 0 Å². The standard InChI is InChI=1S/C12H10N2O2S/c13-11-4-8(6-17-11)7-1-2-10-9(3-7)14-12(15)5-16-10/h1-4,6H,5,13H2,(H,14,15). The zero-order valence-electron chi connectivity index (χ0n) is 8.90. The topological polar surface area (TPSA) is 64.3 Å². The molecule has 86 valence electrons. The van der Waals surface area contributed by atoms with Crippen LogP contribution in [0.1, 0.15) is 0 Å². The lowest BCUT2D eigenvalue weighted by Gasteiger charge is -2.18. The summed E-state index contributed by atoms with van der Waals surface area (Å²) in [5.41, 5.74) is 8.48. The molecule has 0 bridgehead atoms. The summed E-state index contributed by atoms with van der Waals surface area (Å²) in [5.74, 6) is 0.580. The van der Waals surface area contributed by atoms with E-state index in [0.29, 0.717) is 11.4 Å². The highest BCUT2D eigenvalue weighted by Gasteiger charge is 2.16. The Morgan fingerprint density at radius 1 is 1.29 bits per heavy atom. The molecule has 1 aliphatic heterocycles. The first kappa shape index (κ1) is 10.2. The predicted octanol–water partition coefficient (Wildman–Crippen LogP) is 2.33. The van der Waals surface area contributed by atoms with Crippen LogP contribution in [-0.2, 0) is 4.79 Å². The molecule has 1 amide bonds. The number of nitrogens with two attached hydrogens (primary N) is 1. The van der Waals surface area contributed by atoms with Crippen LogP contribution in [0.25, 0.3) is 11.1 Å². The third-order valence-corrected chi connectivity index (χ3v) is 3.33. The van der Waals surface area contributed by atoms with Gasteiger partial charge in [0, 0.05) is 5.38 Å². The van der Waals surface area contributed by atoms with Crippen LogP contribution in [0.5, 0.6) is 5.75 Å². The quantitative estimate of drug-likeness (QED) is 0.811. The summed E-state index contributed by atoms with van der Waals surface area (Å²) in [6, 6.07) is 7.63. The molecule has 17 heavy (non-hydrogen) atoms. The number of ether oxygens (including phenoxy) is 1. The Labute approximate surface area is 102 Å². The molecule has 3 rings (SSSR count). The second-order valence-electron chi connectivity index (χ2n) is 3.79. The molecule has 0 unspecified atom stereocenters. The van der Waals surface area contributed by atoms with Crippen LogP contribution < -0.4 is 15.8 Å². The first-order valence-corrected chi connectivity index (χ1v) is 6.01. The van der Waals surface area contributed by atoms with Gasteiger partial charge in [0.25, 0.3) is 5.91 Å². The van der Waals surface area contributed by atoms with Crippen LogP contribution in [0.4, 0.5) is 10.7 Å². The maximum absolute atomic E-state index is 11.2. The maximum Gasteiger partial charge on any atom is 0.262 e. The lowest BCUT2D eigenvalue weighted by molar-refractivity contribution is -0.118. The molecule has 2 aromatic rings. The molecule has 0 radical (unpaired) electrons. The number of carbonyl (C=O) groups excluding carboxylic acids is 1. The van der Waals surface area contributed by atoms with Gasteiger partial charge in [0.15, 0.2) is 6.61 Å². The summed E-state index contributed by atoms with van der Waals surface area (Å²) in [6.07, 6.45) is 0. The lowest BCUT2D eigenvalue weighted by atomic mass is 10.1. The first-order chi connectivity index (χ1) is 8.22. The normalized spacial score (nSPS) is 13.8. The second-order valence-corrected chi connectivity index (χ2v) is 4.73. The van der Waals surface area contributed by atoms with E-state index in [2.05, 4.69) is 5.32 Å².